The van der Waals surface area contributed by atoms with Gasteiger partial charge in [0.15, 0.2) is 0 Å². The van der Waals surface area contributed by atoms with E-state index in [1.54, 1.807) is 12.1 Å². The fourth-order valence-electron chi connectivity index (χ4n) is 7.98. The maximum atomic E-state index is 10.7. The van der Waals surface area contributed by atoms with E-state index in [2.05, 4.69) is 109 Å². The third kappa shape index (κ3) is 5.04. The summed E-state index contributed by atoms with van der Waals surface area (Å²) in [6.07, 6.45) is 0. The molecule has 1 aliphatic rings. The highest BCUT2D eigenvalue weighted by Crippen LogP contribution is 2.56. The molecule has 51 heavy (non-hydrogen) atoms. The quantitative estimate of drug-likeness (QED) is 0.187. The first-order valence-corrected chi connectivity index (χ1v) is 17.3. The number of phenolic OH excluding ortho intramolecular Hbond substituents is 2. The van der Waals surface area contributed by atoms with E-state index in [1.165, 1.54) is 33.4 Å². The molecule has 0 fully saturated rings. The molecular weight excluding hydrogens is 621 g/mol. The Kier molecular flexibility index (Phi) is 7.37. The fourth-order valence-corrected chi connectivity index (χ4v) is 7.98. The SMILES string of the molecule is Oc1ccc(-c2ccc(C3(c4ccc(-c5ccc(O)c(-c6ccccc6)c5)cc4)c4ccccc4-c4ccccc43)cc2)cc1-c1ccccc1. The van der Waals surface area contributed by atoms with Crippen LogP contribution in [0.15, 0.2) is 194 Å². The number of hydrogen-bond donors (Lipinski definition) is 2. The van der Waals surface area contributed by atoms with Crippen molar-refractivity contribution < 1.29 is 10.2 Å². The summed E-state index contributed by atoms with van der Waals surface area (Å²) in [6.45, 7) is 0. The van der Waals surface area contributed by atoms with Gasteiger partial charge < -0.3 is 10.2 Å². The van der Waals surface area contributed by atoms with Crippen molar-refractivity contribution in [3.05, 3.63) is 216 Å². The van der Waals surface area contributed by atoms with Crippen molar-refractivity contribution in [1.82, 2.24) is 0 Å². The van der Waals surface area contributed by atoms with E-state index < -0.39 is 5.41 Å². The number of rotatable bonds is 6. The highest BCUT2D eigenvalue weighted by Gasteiger charge is 2.45. The second-order valence-electron chi connectivity index (χ2n) is 13.2. The van der Waals surface area contributed by atoms with Crippen LogP contribution in [0.3, 0.4) is 0 Å². The predicted molar refractivity (Wildman–Crippen MR) is 209 cm³/mol. The van der Waals surface area contributed by atoms with Gasteiger partial charge in [-0.3, -0.25) is 0 Å². The third-order valence-corrected chi connectivity index (χ3v) is 10.4. The van der Waals surface area contributed by atoms with Crippen LogP contribution in [0.25, 0.3) is 55.6 Å². The van der Waals surface area contributed by atoms with Gasteiger partial charge in [-0.2, -0.15) is 0 Å². The third-order valence-electron chi connectivity index (χ3n) is 10.4. The maximum absolute atomic E-state index is 10.7. The molecule has 0 saturated carbocycles. The van der Waals surface area contributed by atoms with E-state index in [9.17, 15) is 10.2 Å². The van der Waals surface area contributed by atoms with Crippen LogP contribution in [0.5, 0.6) is 11.5 Å². The minimum Gasteiger partial charge on any atom is -0.507 e. The van der Waals surface area contributed by atoms with Gasteiger partial charge in [-0.15, -0.1) is 0 Å². The Bertz CT molecular complexity index is 2340. The van der Waals surface area contributed by atoms with Gasteiger partial charge in [0, 0.05) is 11.1 Å². The van der Waals surface area contributed by atoms with Crippen molar-refractivity contribution >= 4 is 0 Å². The molecule has 0 spiro atoms. The summed E-state index contributed by atoms with van der Waals surface area (Å²) in [6, 6.07) is 67.2. The number of benzene rings is 8. The lowest BCUT2D eigenvalue weighted by atomic mass is 9.67. The standard InChI is InChI=1S/C49H34O2/c50-47-29-23-37(31-43(47)35-11-3-1-4-12-35)33-19-25-39(26-20-33)49(45-17-9-7-15-41(45)42-16-8-10-18-46(42)49)40-27-21-34(22-28-40)38-24-30-48(51)44(32-38)36-13-5-2-6-14-36/h1-32,50-51H. The summed E-state index contributed by atoms with van der Waals surface area (Å²) in [4.78, 5) is 0. The number of aromatic hydroxyl groups is 2. The van der Waals surface area contributed by atoms with Crippen molar-refractivity contribution in [1.29, 1.82) is 0 Å². The molecule has 0 amide bonds. The van der Waals surface area contributed by atoms with Crippen molar-refractivity contribution in [2.45, 2.75) is 5.41 Å². The average molecular weight is 655 g/mol. The molecule has 1 aliphatic carbocycles. The van der Waals surface area contributed by atoms with Gasteiger partial charge in [-0.05, 0) is 91.0 Å². The molecular formula is C49H34O2. The first kappa shape index (κ1) is 30.4. The van der Waals surface area contributed by atoms with Gasteiger partial charge in [-0.1, -0.05) is 170 Å². The van der Waals surface area contributed by atoms with Gasteiger partial charge in [-0.25, -0.2) is 0 Å². The zero-order chi connectivity index (χ0) is 34.4. The van der Waals surface area contributed by atoms with E-state index in [4.69, 9.17) is 0 Å². The Morgan fingerprint density at radius 3 is 1.04 bits per heavy atom. The van der Waals surface area contributed by atoms with Crippen molar-refractivity contribution in [3.8, 4) is 67.1 Å². The largest absolute Gasteiger partial charge is 0.507 e. The van der Waals surface area contributed by atoms with Crippen LogP contribution in [0.2, 0.25) is 0 Å². The second kappa shape index (κ2) is 12.4. The minimum atomic E-state index is -0.529. The number of fused-ring (bicyclic) bond motifs is 3. The summed E-state index contributed by atoms with van der Waals surface area (Å²) in [5.41, 5.74) is 14.7. The van der Waals surface area contributed by atoms with Crippen LogP contribution in [-0.4, -0.2) is 10.2 Å². The zero-order valence-corrected chi connectivity index (χ0v) is 27.9. The average Bonchev–Trinajstić information content (AvgIpc) is 3.50. The van der Waals surface area contributed by atoms with Crippen LogP contribution < -0.4 is 0 Å². The Morgan fingerprint density at radius 2 is 0.627 bits per heavy atom. The van der Waals surface area contributed by atoms with Gasteiger partial charge in [0.05, 0.1) is 5.41 Å². The van der Waals surface area contributed by atoms with E-state index in [-0.39, 0.29) is 11.5 Å². The molecule has 8 aromatic carbocycles. The minimum absolute atomic E-state index is 0.270. The maximum Gasteiger partial charge on any atom is 0.123 e. The molecule has 0 radical (unpaired) electrons. The number of hydrogen-bond acceptors (Lipinski definition) is 2. The van der Waals surface area contributed by atoms with Crippen molar-refractivity contribution in [2.75, 3.05) is 0 Å². The van der Waals surface area contributed by atoms with Crippen LogP contribution in [-0.2, 0) is 5.41 Å². The van der Waals surface area contributed by atoms with E-state index in [0.29, 0.717) is 0 Å². The summed E-state index contributed by atoms with van der Waals surface area (Å²) < 4.78 is 0. The molecule has 9 rings (SSSR count). The molecule has 2 N–H and O–H groups in total. The predicted octanol–water partition coefficient (Wildman–Crippen LogP) is 12.1. The molecule has 8 aromatic rings. The molecule has 0 unspecified atom stereocenters. The molecule has 0 atom stereocenters. The Morgan fingerprint density at radius 1 is 0.275 bits per heavy atom. The van der Waals surface area contributed by atoms with Crippen LogP contribution in [0.1, 0.15) is 22.3 Å². The molecule has 0 aliphatic heterocycles. The summed E-state index contributed by atoms with van der Waals surface area (Å²) in [7, 11) is 0. The summed E-state index contributed by atoms with van der Waals surface area (Å²) in [5.74, 6) is 0.540. The van der Waals surface area contributed by atoms with Crippen LogP contribution in [0.4, 0.5) is 0 Å². The second-order valence-corrected chi connectivity index (χ2v) is 13.2. The molecule has 0 bridgehead atoms. The topological polar surface area (TPSA) is 40.5 Å². The Balaban J connectivity index is 1.17. The molecule has 0 saturated heterocycles. The van der Waals surface area contributed by atoms with Gasteiger partial charge in [0.1, 0.15) is 11.5 Å². The van der Waals surface area contributed by atoms with E-state index in [1.807, 2.05) is 72.8 Å². The van der Waals surface area contributed by atoms with E-state index in [0.717, 1.165) is 44.5 Å². The molecule has 2 heteroatoms. The monoisotopic (exact) mass is 654 g/mol. The van der Waals surface area contributed by atoms with Crippen LogP contribution >= 0.6 is 0 Å². The smallest absolute Gasteiger partial charge is 0.123 e. The molecule has 0 aromatic heterocycles. The lowest BCUT2D eigenvalue weighted by molar-refractivity contribution is 0.477. The van der Waals surface area contributed by atoms with Crippen molar-refractivity contribution in [2.24, 2.45) is 0 Å². The van der Waals surface area contributed by atoms with Gasteiger partial charge in [0.2, 0.25) is 0 Å². The van der Waals surface area contributed by atoms with E-state index >= 15 is 0 Å². The zero-order valence-electron chi connectivity index (χ0n) is 27.9. The normalized spacial score (nSPS) is 12.6. The molecule has 2 nitrogen and oxygen atoms in total. The van der Waals surface area contributed by atoms with Gasteiger partial charge >= 0.3 is 0 Å². The Hall–Kier alpha value is -6.64. The fraction of sp³-hybridized carbons (Fsp3) is 0.0204. The summed E-state index contributed by atoms with van der Waals surface area (Å²) >= 11 is 0. The Labute approximate surface area is 298 Å². The molecule has 0 heterocycles. The van der Waals surface area contributed by atoms with Crippen molar-refractivity contribution in [3.63, 3.8) is 0 Å². The first-order valence-electron chi connectivity index (χ1n) is 17.3. The number of phenols is 2. The van der Waals surface area contributed by atoms with Gasteiger partial charge in [0.25, 0.3) is 0 Å². The highest BCUT2D eigenvalue weighted by atomic mass is 16.3. The molecule has 242 valence electrons. The lowest BCUT2D eigenvalue weighted by Gasteiger charge is -2.34. The first-order chi connectivity index (χ1) is 25.1. The summed E-state index contributed by atoms with van der Waals surface area (Å²) in [5, 5.41) is 21.5. The lowest BCUT2D eigenvalue weighted by Crippen LogP contribution is -2.28. The highest BCUT2D eigenvalue weighted by molar-refractivity contribution is 5.87. The van der Waals surface area contributed by atoms with Crippen LogP contribution in [0, 0.1) is 0 Å².